The van der Waals surface area contributed by atoms with Crippen LogP contribution in [0.15, 0.2) is 29.2 Å². The minimum atomic E-state index is -3.76. The van der Waals surface area contributed by atoms with E-state index in [1.165, 1.54) is 0 Å². The van der Waals surface area contributed by atoms with Gasteiger partial charge in [0.25, 0.3) is 0 Å². The van der Waals surface area contributed by atoms with Crippen molar-refractivity contribution in [1.82, 2.24) is 10.0 Å². The molecule has 1 amide bonds. The molecule has 0 aromatic heterocycles. The zero-order valence-corrected chi connectivity index (χ0v) is 17.6. The molecule has 0 spiro atoms. The number of hydrogen-bond donors (Lipinski definition) is 3. The van der Waals surface area contributed by atoms with Crippen molar-refractivity contribution in [2.24, 2.45) is 5.92 Å². The van der Waals surface area contributed by atoms with E-state index in [2.05, 4.69) is 10.0 Å². The Kier molecular flexibility index (Phi) is 8.60. The van der Waals surface area contributed by atoms with E-state index in [0.717, 1.165) is 24.8 Å². The van der Waals surface area contributed by atoms with E-state index in [9.17, 15) is 18.3 Å². The molecule has 6 nitrogen and oxygen atoms in total. The lowest BCUT2D eigenvalue weighted by atomic mass is 9.87. The van der Waals surface area contributed by atoms with Crippen molar-refractivity contribution in [3.63, 3.8) is 0 Å². The average molecular weight is 415 g/mol. The number of thioether (sulfide) groups is 1. The van der Waals surface area contributed by atoms with Crippen LogP contribution in [-0.2, 0) is 14.8 Å². The number of hydrogen-bond acceptors (Lipinski definition) is 5. The number of rotatable bonds is 9. The van der Waals surface area contributed by atoms with Crippen molar-refractivity contribution in [3.05, 3.63) is 29.8 Å². The van der Waals surface area contributed by atoms with Crippen LogP contribution in [0.1, 0.15) is 37.7 Å². The van der Waals surface area contributed by atoms with Gasteiger partial charge in [-0.05, 0) is 62.7 Å². The van der Waals surface area contributed by atoms with Gasteiger partial charge < -0.3 is 10.4 Å². The first-order valence-corrected chi connectivity index (χ1v) is 12.2. The van der Waals surface area contributed by atoms with Gasteiger partial charge in [-0.1, -0.05) is 24.1 Å². The van der Waals surface area contributed by atoms with Crippen LogP contribution >= 0.6 is 11.8 Å². The quantitative estimate of drug-likeness (QED) is 0.575. The first-order chi connectivity index (χ1) is 12.8. The fourth-order valence-corrected chi connectivity index (χ4v) is 4.97. The predicted molar refractivity (Wildman–Crippen MR) is 109 cm³/mol. The summed E-state index contributed by atoms with van der Waals surface area (Å²) < 4.78 is 27.8. The lowest BCUT2D eigenvalue weighted by molar-refractivity contribution is -0.123. The molecule has 8 heteroatoms. The zero-order chi connectivity index (χ0) is 19.9. The number of carbonyl (C=O) groups is 1. The highest BCUT2D eigenvalue weighted by molar-refractivity contribution is 7.98. The Labute approximate surface area is 166 Å². The van der Waals surface area contributed by atoms with E-state index in [0.29, 0.717) is 25.1 Å². The summed E-state index contributed by atoms with van der Waals surface area (Å²) in [4.78, 5) is 12.8. The van der Waals surface area contributed by atoms with Crippen molar-refractivity contribution in [1.29, 1.82) is 0 Å². The van der Waals surface area contributed by atoms with E-state index in [1.807, 2.05) is 13.2 Å². The van der Waals surface area contributed by atoms with Gasteiger partial charge in [0.05, 0.1) is 11.0 Å². The number of carbonyl (C=O) groups excluding carboxylic acids is 1. The summed E-state index contributed by atoms with van der Waals surface area (Å²) >= 11 is 1.57. The molecule has 3 atom stereocenters. The van der Waals surface area contributed by atoms with Gasteiger partial charge in [0.1, 0.15) is 6.04 Å². The van der Waals surface area contributed by atoms with Crippen LogP contribution in [0, 0.1) is 12.8 Å². The van der Waals surface area contributed by atoms with Gasteiger partial charge in [-0.15, -0.1) is 0 Å². The molecule has 0 radical (unpaired) electrons. The molecular weight excluding hydrogens is 384 g/mol. The highest BCUT2D eigenvalue weighted by Gasteiger charge is 2.27. The third-order valence-corrected chi connectivity index (χ3v) is 7.01. The second-order valence-electron chi connectivity index (χ2n) is 7.20. The molecule has 0 heterocycles. The highest BCUT2D eigenvalue weighted by atomic mass is 32.2. The summed E-state index contributed by atoms with van der Waals surface area (Å²) in [7, 11) is -3.76. The molecule has 1 aromatic rings. The Morgan fingerprint density at radius 3 is 2.63 bits per heavy atom. The maximum atomic E-state index is 12.6. The third-order valence-electron chi connectivity index (χ3n) is 4.88. The lowest BCUT2D eigenvalue weighted by Gasteiger charge is -2.27. The molecule has 1 saturated carbocycles. The number of aliphatic hydroxyl groups excluding tert-OH is 1. The van der Waals surface area contributed by atoms with Crippen LogP contribution in [0.5, 0.6) is 0 Å². The number of nitrogens with one attached hydrogen (secondary N) is 2. The van der Waals surface area contributed by atoms with E-state index in [4.69, 9.17) is 0 Å². The lowest BCUT2D eigenvalue weighted by Crippen LogP contribution is -2.48. The fourth-order valence-electron chi connectivity index (χ4n) is 3.27. The Balaban J connectivity index is 2.00. The Morgan fingerprint density at radius 1 is 1.30 bits per heavy atom. The fraction of sp³-hybridized carbons (Fsp3) is 0.632. The number of aliphatic hydroxyl groups is 1. The predicted octanol–water partition coefficient (Wildman–Crippen LogP) is 2.06. The molecule has 1 fully saturated rings. The maximum absolute atomic E-state index is 12.6. The molecular formula is C19H30N2O4S2. The van der Waals surface area contributed by atoms with E-state index in [-0.39, 0.29) is 22.8 Å². The van der Waals surface area contributed by atoms with Gasteiger partial charge in [-0.3, -0.25) is 4.79 Å². The van der Waals surface area contributed by atoms with Crippen LogP contribution in [0.25, 0.3) is 0 Å². The SMILES string of the molecule is CSCC[C@H](NS(=O)(=O)c1ccc(C)cc1)C(=O)NC[C@@H]1CCC[C@H](O)C1. The monoisotopic (exact) mass is 414 g/mol. The summed E-state index contributed by atoms with van der Waals surface area (Å²) in [5.41, 5.74) is 0.972. The van der Waals surface area contributed by atoms with Crippen LogP contribution in [-0.4, -0.2) is 50.1 Å². The topological polar surface area (TPSA) is 95.5 Å². The van der Waals surface area contributed by atoms with Crippen molar-refractivity contribution in [2.45, 2.75) is 56.1 Å². The second-order valence-corrected chi connectivity index (χ2v) is 9.90. The molecule has 2 rings (SSSR count). The molecule has 3 N–H and O–H groups in total. The molecule has 1 aliphatic rings. The zero-order valence-electron chi connectivity index (χ0n) is 16.0. The Hall–Kier alpha value is -1.09. The van der Waals surface area contributed by atoms with Crippen molar-refractivity contribution < 1.29 is 18.3 Å². The van der Waals surface area contributed by atoms with Crippen molar-refractivity contribution in [3.8, 4) is 0 Å². The number of aryl methyl sites for hydroxylation is 1. The third kappa shape index (κ3) is 7.10. The average Bonchev–Trinajstić information content (AvgIpc) is 2.63. The maximum Gasteiger partial charge on any atom is 0.241 e. The first-order valence-electron chi connectivity index (χ1n) is 9.35. The highest BCUT2D eigenvalue weighted by Crippen LogP contribution is 2.23. The summed E-state index contributed by atoms with van der Waals surface area (Å²) in [6.07, 6.45) is 5.48. The van der Waals surface area contributed by atoms with Crippen molar-refractivity contribution in [2.75, 3.05) is 18.6 Å². The van der Waals surface area contributed by atoms with Gasteiger partial charge >= 0.3 is 0 Å². The molecule has 0 aliphatic heterocycles. The Morgan fingerprint density at radius 2 is 2.00 bits per heavy atom. The summed E-state index contributed by atoms with van der Waals surface area (Å²) in [5.74, 6) is 0.615. The smallest absolute Gasteiger partial charge is 0.241 e. The molecule has 0 bridgehead atoms. The van der Waals surface area contributed by atoms with Crippen LogP contribution in [0.3, 0.4) is 0 Å². The molecule has 1 aliphatic carbocycles. The van der Waals surface area contributed by atoms with Gasteiger partial charge in [0.15, 0.2) is 0 Å². The van der Waals surface area contributed by atoms with Gasteiger partial charge in [-0.25, -0.2) is 8.42 Å². The summed E-state index contributed by atoms with van der Waals surface area (Å²) in [5, 5.41) is 12.6. The van der Waals surface area contributed by atoms with E-state index in [1.54, 1.807) is 36.0 Å². The van der Waals surface area contributed by atoms with Crippen LogP contribution < -0.4 is 10.0 Å². The summed E-state index contributed by atoms with van der Waals surface area (Å²) in [6.45, 7) is 2.36. The van der Waals surface area contributed by atoms with Crippen LogP contribution in [0.2, 0.25) is 0 Å². The normalized spacial score (nSPS) is 21.6. The summed E-state index contributed by atoms with van der Waals surface area (Å²) in [6, 6.07) is 5.76. The van der Waals surface area contributed by atoms with Crippen LogP contribution in [0.4, 0.5) is 0 Å². The minimum Gasteiger partial charge on any atom is -0.393 e. The van der Waals surface area contributed by atoms with E-state index < -0.39 is 16.1 Å². The molecule has 0 saturated heterocycles. The molecule has 0 unspecified atom stereocenters. The number of benzene rings is 1. The second kappa shape index (κ2) is 10.5. The minimum absolute atomic E-state index is 0.158. The number of amides is 1. The van der Waals surface area contributed by atoms with E-state index >= 15 is 0 Å². The molecule has 152 valence electrons. The first kappa shape index (κ1) is 22.2. The van der Waals surface area contributed by atoms with Gasteiger partial charge in [-0.2, -0.15) is 16.5 Å². The Bertz CT molecular complexity index is 707. The van der Waals surface area contributed by atoms with Gasteiger partial charge in [0.2, 0.25) is 15.9 Å². The number of sulfonamides is 1. The van der Waals surface area contributed by atoms with Crippen molar-refractivity contribution >= 4 is 27.7 Å². The van der Waals surface area contributed by atoms with Gasteiger partial charge in [0, 0.05) is 6.54 Å². The standard InChI is InChI=1S/C19H30N2O4S2/c1-14-6-8-17(9-7-14)27(24,25)21-18(10-11-26-2)19(23)20-13-15-4-3-5-16(22)12-15/h6-9,15-16,18,21-22H,3-5,10-13H2,1-2H3,(H,20,23)/t15-,16+,18+/m1/s1. The molecule has 1 aromatic carbocycles. The molecule has 27 heavy (non-hydrogen) atoms. The largest absolute Gasteiger partial charge is 0.393 e.